The van der Waals surface area contributed by atoms with Gasteiger partial charge in [0.25, 0.3) is 5.91 Å². The standard InChI is InChI=1S/C10H19NO3/c1-3-5-6-7-14-10-8(12)9(13)11(10)4-2/h8,10,12H,3-7H2,1-2H3. The number of aliphatic hydroxyl groups is 1. The Labute approximate surface area is 84.8 Å². The molecular formula is C10H19NO3. The highest BCUT2D eigenvalue weighted by molar-refractivity contribution is 5.87. The fourth-order valence-electron chi connectivity index (χ4n) is 1.58. The van der Waals surface area contributed by atoms with E-state index in [9.17, 15) is 9.90 Å². The van der Waals surface area contributed by atoms with Gasteiger partial charge in [-0.1, -0.05) is 19.8 Å². The van der Waals surface area contributed by atoms with Crippen LogP contribution < -0.4 is 0 Å². The Morgan fingerprint density at radius 1 is 1.43 bits per heavy atom. The lowest BCUT2D eigenvalue weighted by molar-refractivity contribution is -0.208. The minimum absolute atomic E-state index is 0.215. The van der Waals surface area contributed by atoms with Crippen molar-refractivity contribution in [1.29, 1.82) is 0 Å². The third-order valence-electron chi connectivity index (χ3n) is 2.49. The lowest BCUT2D eigenvalue weighted by atomic mass is 10.1. The second kappa shape index (κ2) is 5.32. The molecule has 0 aromatic rings. The lowest BCUT2D eigenvalue weighted by Gasteiger charge is -2.43. The van der Waals surface area contributed by atoms with Gasteiger partial charge in [-0.2, -0.15) is 0 Å². The van der Waals surface area contributed by atoms with E-state index in [4.69, 9.17) is 4.74 Å². The molecule has 1 amide bonds. The number of nitrogens with zero attached hydrogens (tertiary/aromatic N) is 1. The Bertz CT molecular complexity index is 196. The van der Waals surface area contributed by atoms with Gasteiger partial charge in [-0.05, 0) is 13.3 Å². The monoisotopic (exact) mass is 201 g/mol. The van der Waals surface area contributed by atoms with E-state index in [2.05, 4.69) is 6.92 Å². The molecule has 0 saturated carbocycles. The predicted octanol–water partition coefficient (Wildman–Crippen LogP) is 0.742. The number of likely N-dealkylation sites (N-methyl/N-ethyl adjacent to an activating group) is 1. The van der Waals surface area contributed by atoms with Crippen molar-refractivity contribution in [3.8, 4) is 0 Å². The fourth-order valence-corrected chi connectivity index (χ4v) is 1.58. The number of hydrogen-bond acceptors (Lipinski definition) is 3. The molecule has 4 heteroatoms. The van der Waals surface area contributed by atoms with Gasteiger partial charge in [0, 0.05) is 13.2 Å². The molecule has 1 rings (SSSR count). The second-order valence-corrected chi connectivity index (χ2v) is 3.54. The normalized spacial score (nSPS) is 26.5. The molecule has 1 aliphatic rings. The van der Waals surface area contributed by atoms with Crippen LogP contribution in [0.3, 0.4) is 0 Å². The van der Waals surface area contributed by atoms with Crippen LogP contribution in [0.5, 0.6) is 0 Å². The Hall–Kier alpha value is -0.610. The molecule has 0 spiro atoms. The van der Waals surface area contributed by atoms with Crippen molar-refractivity contribution in [1.82, 2.24) is 4.90 Å². The van der Waals surface area contributed by atoms with Crippen molar-refractivity contribution in [2.45, 2.75) is 45.4 Å². The van der Waals surface area contributed by atoms with E-state index < -0.39 is 12.3 Å². The second-order valence-electron chi connectivity index (χ2n) is 3.54. The van der Waals surface area contributed by atoms with Crippen LogP contribution in [0.1, 0.15) is 33.1 Å². The quantitative estimate of drug-likeness (QED) is 0.509. The highest BCUT2D eigenvalue weighted by Gasteiger charge is 2.46. The number of rotatable bonds is 6. The minimum atomic E-state index is -0.934. The molecule has 1 fully saturated rings. The molecule has 1 N–H and O–H groups in total. The average Bonchev–Trinajstić information content (AvgIpc) is 2.21. The molecule has 2 atom stereocenters. The van der Waals surface area contributed by atoms with Crippen molar-refractivity contribution in [2.75, 3.05) is 13.2 Å². The summed E-state index contributed by atoms with van der Waals surface area (Å²) in [5, 5.41) is 9.32. The molecule has 4 nitrogen and oxygen atoms in total. The maximum Gasteiger partial charge on any atom is 0.258 e. The smallest absolute Gasteiger partial charge is 0.258 e. The number of ether oxygens (including phenoxy) is 1. The number of carbonyl (C=O) groups is 1. The van der Waals surface area contributed by atoms with E-state index in [1.165, 1.54) is 0 Å². The van der Waals surface area contributed by atoms with Crippen molar-refractivity contribution in [2.24, 2.45) is 0 Å². The molecule has 82 valence electrons. The van der Waals surface area contributed by atoms with E-state index in [1.807, 2.05) is 6.92 Å². The first-order chi connectivity index (χ1) is 6.72. The molecule has 0 aromatic heterocycles. The van der Waals surface area contributed by atoms with E-state index in [0.29, 0.717) is 13.2 Å². The number of β-lactam (4-membered cyclic amide) rings is 1. The number of amides is 1. The maximum absolute atomic E-state index is 11.1. The molecule has 0 bridgehead atoms. The maximum atomic E-state index is 11.1. The first-order valence-corrected chi connectivity index (χ1v) is 5.32. The first-order valence-electron chi connectivity index (χ1n) is 5.32. The van der Waals surface area contributed by atoms with Crippen LogP contribution in [-0.4, -0.2) is 41.4 Å². The summed E-state index contributed by atoms with van der Waals surface area (Å²) in [5.41, 5.74) is 0. The van der Waals surface area contributed by atoms with Crippen LogP contribution in [0.2, 0.25) is 0 Å². The van der Waals surface area contributed by atoms with Gasteiger partial charge in [-0.3, -0.25) is 4.79 Å². The summed E-state index contributed by atoms with van der Waals surface area (Å²) in [7, 11) is 0. The van der Waals surface area contributed by atoms with Gasteiger partial charge in [0.1, 0.15) is 0 Å². The zero-order valence-corrected chi connectivity index (χ0v) is 8.90. The van der Waals surface area contributed by atoms with Crippen molar-refractivity contribution in [3.63, 3.8) is 0 Å². The molecule has 0 aliphatic carbocycles. The van der Waals surface area contributed by atoms with Gasteiger partial charge in [0.05, 0.1) is 0 Å². The largest absolute Gasteiger partial charge is 0.379 e. The molecule has 1 aliphatic heterocycles. The summed E-state index contributed by atoms with van der Waals surface area (Å²) in [4.78, 5) is 12.6. The number of aliphatic hydroxyl groups excluding tert-OH is 1. The van der Waals surface area contributed by atoms with E-state index in [1.54, 1.807) is 4.90 Å². The Balaban J connectivity index is 2.20. The van der Waals surface area contributed by atoms with Gasteiger partial charge in [-0.25, -0.2) is 0 Å². The third-order valence-corrected chi connectivity index (χ3v) is 2.49. The number of hydrogen-bond donors (Lipinski definition) is 1. The highest BCUT2D eigenvalue weighted by atomic mass is 16.5. The summed E-state index contributed by atoms with van der Waals surface area (Å²) < 4.78 is 5.42. The molecule has 2 unspecified atom stereocenters. The summed E-state index contributed by atoms with van der Waals surface area (Å²) in [6.07, 6.45) is 1.93. The zero-order chi connectivity index (χ0) is 10.6. The Morgan fingerprint density at radius 2 is 2.14 bits per heavy atom. The van der Waals surface area contributed by atoms with Crippen LogP contribution in [0.15, 0.2) is 0 Å². The van der Waals surface area contributed by atoms with E-state index in [0.717, 1.165) is 19.3 Å². The lowest BCUT2D eigenvalue weighted by Crippen LogP contribution is -2.65. The van der Waals surface area contributed by atoms with Gasteiger partial charge < -0.3 is 14.7 Å². The van der Waals surface area contributed by atoms with Crippen LogP contribution in [-0.2, 0) is 9.53 Å². The van der Waals surface area contributed by atoms with Crippen molar-refractivity contribution in [3.05, 3.63) is 0 Å². The topological polar surface area (TPSA) is 49.8 Å². The van der Waals surface area contributed by atoms with Crippen LogP contribution in [0.4, 0.5) is 0 Å². The third kappa shape index (κ3) is 2.25. The van der Waals surface area contributed by atoms with Crippen LogP contribution >= 0.6 is 0 Å². The highest BCUT2D eigenvalue weighted by Crippen LogP contribution is 2.20. The van der Waals surface area contributed by atoms with Crippen molar-refractivity contribution < 1.29 is 14.6 Å². The summed E-state index contributed by atoms with van der Waals surface area (Å²) in [6, 6.07) is 0. The zero-order valence-electron chi connectivity index (χ0n) is 8.90. The molecule has 0 aromatic carbocycles. The molecular weight excluding hydrogens is 182 g/mol. The fraction of sp³-hybridized carbons (Fsp3) is 0.900. The molecule has 0 radical (unpaired) electrons. The molecule has 1 heterocycles. The van der Waals surface area contributed by atoms with E-state index in [-0.39, 0.29) is 5.91 Å². The van der Waals surface area contributed by atoms with Crippen LogP contribution in [0, 0.1) is 0 Å². The number of unbranched alkanes of at least 4 members (excludes halogenated alkanes) is 2. The predicted molar refractivity (Wildman–Crippen MR) is 52.7 cm³/mol. The van der Waals surface area contributed by atoms with Crippen LogP contribution in [0.25, 0.3) is 0 Å². The van der Waals surface area contributed by atoms with Gasteiger partial charge in [0.2, 0.25) is 0 Å². The average molecular weight is 201 g/mol. The first kappa shape index (κ1) is 11.5. The summed E-state index contributed by atoms with van der Waals surface area (Å²) >= 11 is 0. The van der Waals surface area contributed by atoms with Gasteiger partial charge in [-0.15, -0.1) is 0 Å². The minimum Gasteiger partial charge on any atom is -0.379 e. The Morgan fingerprint density at radius 3 is 2.71 bits per heavy atom. The Kier molecular flexibility index (Phi) is 4.35. The SMILES string of the molecule is CCCCCOC1C(O)C(=O)N1CC. The van der Waals surface area contributed by atoms with Gasteiger partial charge >= 0.3 is 0 Å². The summed E-state index contributed by atoms with van der Waals surface area (Å²) in [6.45, 7) is 5.24. The van der Waals surface area contributed by atoms with E-state index >= 15 is 0 Å². The number of likely N-dealkylation sites (tertiary alicyclic amines) is 1. The molecule has 1 saturated heterocycles. The summed E-state index contributed by atoms with van der Waals surface area (Å²) in [5.74, 6) is -0.215. The van der Waals surface area contributed by atoms with Gasteiger partial charge in [0.15, 0.2) is 12.3 Å². The molecule has 14 heavy (non-hydrogen) atoms. The van der Waals surface area contributed by atoms with Crippen molar-refractivity contribution >= 4 is 5.91 Å². The number of carbonyl (C=O) groups excluding carboxylic acids is 1.